The van der Waals surface area contributed by atoms with E-state index in [1.165, 1.54) is 38.6 Å². The minimum Gasteiger partial charge on any atom is -0.369 e. The molecule has 2 fully saturated rings. The van der Waals surface area contributed by atoms with Gasteiger partial charge in [-0.2, -0.15) is 0 Å². The molecule has 1 aliphatic carbocycles. The van der Waals surface area contributed by atoms with Crippen molar-refractivity contribution in [3.8, 4) is 0 Å². The van der Waals surface area contributed by atoms with Gasteiger partial charge in [-0.15, -0.1) is 0 Å². The Morgan fingerprint density at radius 1 is 1.26 bits per heavy atom. The number of H-pyrrole nitrogens is 1. The maximum Gasteiger partial charge on any atom is 0.258 e. The van der Waals surface area contributed by atoms with E-state index in [-0.39, 0.29) is 0 Å². The van der Waals surface area contributed by atoms with Crippen LogP contribution in [0.2, 0.25) is 0 Å². The van der Waals surface area contributed by atoms with E-state index >= 15 is 0 Å². The molecule has 1 aromatic heterocycles. The van der Waals surface area contributed by atoms with Crippen LogP contribution in [0.3, 0.4) is 0 Å². The Morgan fingerprint density at radius 3 is 2.61 bits per heavy atom. The fraction of sp³-hybridized carbons (Fsp3) is 0.688. The summed E-state index contributed by atoms with van der Waals surface area (Å²) in [5, 5.41) is 5.93. The minimum atomic E-state index is 0.456. The Labute approximate surface area is 146 Å². The van der Waals surface area contributed by atoms with Crippen LogP contribution >= 0.6 is 15.9 Å². The molecule has 23 heavy (non-hydrogen) atoms. The number of nitrogens with two attached hydrogens (primary N) is 2. The standard InChI is InChI=1S/C16H25BrN6/c17-14(18)13-15(19)20-11-21-16(13)23-8-6-22(7-9-23)10-12-4-2-1-3-5-12/h11-12,18H,1-10H2,(H2,19,20,21)/p+2. The summed E-state index contributed by atoms with van der Waals surface area (Å²) < 4.78 is 0.527. The van der Waals surface area contributed by atoms with Gasteiger partial charge in [-0.05, 0) is 18.8 Å². The first-order valence-corrected chi connectivity index (χ1v) is 9.36. The van der Waals surface area contributed by atoms with Gasteiger partial charge >= 0.3 is 0 Å². The monoisotopic (exact) mass is 382 g/mol. The maximum atomic E-state index is 5.98. The van der Waals surface area contributed by atoms with Gasteiger partial charge < -0.3 is 5.73 Å². The number of rotatable bonds is 4. The van der Waals surface area contributed by atoms with Gasteiger partial charge in [-0.25, -0.2) is 10.4 Å². The third-order valence-corrected chi connectivity index (χ3v) is 5.46. The highest BCUT2D eigenvalue weighted by atomic mass is 79.9. The second kappa shape index (κ2) is 7.57. The molecule has 0 atom stereocenters. The van der Waals surface area contributed by atoms with Crippen molar-refractivity contribution in [1.82, 2.24) is 9.88 Å². The number of hydrogen-bond donors (Lipinski definition) is 2. The maximum absolute atomic E-state index is 5.98. The third-order valence-electron chi connectivity index (χ3n) is 5.07. The summed E-state index contributed by atoms with van der Waals surface area (Å²) in [5.74, 6) is 2.32. The fourth-order valence-electron chi connectivity index (χ4n) is 3.79. The lowest BCUT2D eigenvalue weighted by molar-refractivity contribution is -0.369. The number of nitrogens with zero attached hydrogens (tertiary/aromatic N) is 3. The van der Waals surface area contributed by atoms with Crippen LogP contribution in [0.5, 0.6) is 0 Å². The molecule has 1 aliphatic heterocycles. The van der Waals surface area contributed by atoms with Crippen molar-refractivity contribution in [1.29, 1.82) is 0 Å². The molecule has 5 N–H and O–H groups in total. The molecule has 3 rings (SSSR count). The number of aromatic amines is 1. The van der Waals surface area contributed by atoms with Crippen LogP contribution in [0.25, 0.3) is 0 Å². The highest BCUT2D eigenvalue weighted by molar-refractivity contribution is 9.18. The average Bonchev–Trinajstić information content (AvgIpc) is 2.56. The molecule has 2 heterocycles. The molecule has 2 aliphatic rings. The van der Waals surface area contributed by atoms with E-state index in [9.17, 15) is 0 Å². The molecule has 0 spiro atoms. The largest absolute Gasteiger partial charge is 0.369 e. The van der Waals surface area contributed by atoms with Crippen molar-refractivity contribution in [2.45, 2.75) is 32.1 Å². The normalized spacial score (nSPS) is 20.7. The van der Waals surface area contributed by atoms with E-state index in [2.05, 4.69) is 35.7 Å². The first-order valence-electron chi connectivity index (χ1n) is 8.57. The minimum absolute atomic E-state index is 0.456. The lowest BCUT2D eigenvalue weighted by Crippen LogP contribution is -2.50. The number of halogens is 1. The molecule has 6 nitrogen and oxygen atoms in total. The van der Waals surface area contributed by atoms with Crippen molar-refractivity contribution in [2.24, 2.45) is 5.92 Å². The summed E-state index contributed by atoms with van der Waals surface area (Å²) in [4.78, 5) is 12.2. The number of anilines is 2. The zero-order valence-corrected chi connectivity index (χ0v) is 15.2. The molecule has 7 heteroatoms. The van der Waals surface area contributed by atoms with Gasteiger partial charge in [0.05, 0.1) is 13.1 Å². The number of nitrogen functional groups attached to an aromatic ring is 1. The quantitative estimate of drug-likeness (QED) is 0.722. The molecular weight excluding hydrogens is 356 g/mol. The highest BCUT2D eigenvalue weighted by Gasteiger charge is 2.30. The summed E-state index contributed by atoms with van der Waals surface area (Å²) in [7, 11) is 0. The van der Waals surface area contributed by atoms with Crippen molar-refractivity contribution in [2.75, 3.05) is 43.4 Å². The summed E-state index contributed by atoms with van der Waals surface area (Å²) >= 11 is 3.35. The summed E-state index contributed by atoms with van der Waals surface area (Å²) in [5.41, 5.74) is 6.75. The van der Waals surface area contributed by atoms with E-state index < -0.39 is 0 Å². The SMILES string of the molecule is Nc1nc[nH+]c(N2CCN(CC3CCCCC3)CC2)c1C(=[NH2+])Br. The molecule has 0 unspecified atom stereocenters. The molecule has 1 aromatic rings. The number of nitrogens with one attached hydrogen (secondary N) is 1. The van der Waals surface area contributed by atoms with Crippen LogP contribution in [0.1, 0.15) is 37.7 Å². The van der Waals surface area contributed by atoms with Gasteiger partial charge in [0.25, 0.3) is 4.62 Å². The van der Waals surface area contributed by atoms with Crippen molar-refractivity contribution < 1.29 is 10.4 Å². The average molecular weight is 383 g/mol. The van der Waals surface area contributed by atoms with Crippen LogP contribution in [-0.4, -0.2) is 47.2 Å². The zero-order chi connectivity index (χ0) is 16.2. The van der Waals surface area contributed by atoms with E-state index in [1.54, 1.807) is 6.33 Å². The Morgan fingerprint density at radius 2 is 1.96 bits per heavy atom. The number of hydrogen-bond acceptors (Lipinski definition) is 4. The van der Waals surface area contributed by atoms with E-state index in [0.717, 1.165) is 43.5 Å². The Hall–Kier alpha value is -1.21. The molecule has 1 saturated carbocycles. The van der Waals surface area contributed by atoms with Crippen molar-refractivity contribution >= 4 is 32.2 Å². The molecule has 0 amide bonds. The smallest absolute Gasteiger partial charge is 0.258 e. The van der Waals surface area contributed by atoms with Crippen molar-refractivity contribution in [3.05, 3.63) is 11.9 Å². The number of piperazine rings is 1. The fourth-order valence-corrected chi connectivity index (χ4v) is 4.19. The van der Waals surface area contributed by atoms with Crippen LogP contribution in [0, 0.1) is 5.92 Å². The van der Waals surface area contributed by atoms with Crippen LogP contribution < -0.4 is 21.0 Å². The van der Waals surface area contributed by atoms with E-state index in [0.29, 0.717) is 10.4 Å². The van der Waals surface area contributed by atoms with Gasteiger partial charge in [0.2, 0.25) is 18.0 Å². The topological polar surface area (TPSA) is 85.1 Å². The second-order valence-electron chi connectivity index (χ2n) is 6.65. The van der Waals surface area contributed by atoms with Crippen LogP contribution in [0.4, 0.5) is 11.6 Å². The second-order valence-corrected chi connectivity index (χ2v) is 7.51. The summed E-state index contributed by atoms with van der Waals surface area (Å²) in [6.45, 7) is 5.41. The van der Waals surface area contributed by atoms with E-state index in [4.69, 9.17) is 11.1 Å². The van der Waals surface area contributed by atoms with E-state index in [1.807, 2.05) is 0 Å². The molecule has 1 saturated heterocycles. The highest BCUT2D eigenvalue weighted by Crippen LogP contribution is 2.26. The van der Waals surface area contributed by atoms with Crippen LogP contribution in [-0.2, 0) is 0 Å². The zero-order valence-electron chi connectivity index (χ0n) is 13.6. The predicted molar refractivity (Wildman–Crippen MR) is 95.4 cm³/mol. The Balaban J connectivity index is 1.61. The lowest BCUT2D eigenvalue weighted by atomic mass is 9.89. The molecule has 0 radical (unpaired) electrons. The predicted octanol–water partition coefficient (Wildman–Crippen LogP) is 0.0808. The van der Waals surface area contributed by atoms with Crippen LogP contribution in [0.15, 0.2) is 6.33 Å². The molecule has 126 valence electrons. The first-order chi connectivity index (χ1) is 11.1. The Bertz CT molecular complexity index is 550. The van der Waals surface area contributed by atoms with Gasteiger partial charge in [-0.1, -0.05) is 24.2 Å². The number of aromatic nitrogens is 2. The lowest BCUT2D eigenvalue weighted by Gasteiger charge is -2.35. The first kappa shape index (κ1) is 16.6. The Kier molecular flexibility index (Phi) is 5.48. The third kappa shape index (κ3) is 4.01. The van der Waals surface area contributed by atoms with Gasteiger partial charge in [0, 0.05) is 35.6 Å². The van der Waals surface area contributed by atoms with Crippen molar-refractivity contribution in [3.63, 3.8) is 0 Å². The summed E-state index contributed by atoms with van der Waals surface area (Å²) in [6.07, 6.45) is 8.72. The summed E-state index contributed by atoms with van der Waals surface area (Å²) in [6, 6.07) is 0. The molecule has 0 bridgehead atoms. The van der Waals surface area contributed by atoms with Gasteiger partial charge in [-0.3, -0.25) is 9.80 Å². The molecule has 0 aromatic carbocycles. The van der Waals surface area contributed by atoms with Gasteiger partial charge in [0.1, 0.15) is 0 Å². The molecular formula is C16H27BrN6+2. The van der Waals surface area contributed by atoms with Gasteiger partial charge in [0.15, 0.2) is 5.56 Å².